The average molecular weight is 274 g/mol. The Balaban J connectivity index is 2.52. The summed E-state index contributed by atoms with van der Waals surface area (Å²) in [6.07, 6.45) is -3.86. The van der Waals surface area contributed by atoms with E-state index in [2.05, 4.69) is 4.98 Å². The molecule has 2 rings (SSSR count). The quantitative estimate of drug-likeness (QED) is 0.819. The molecular formula is C12H7ClF3NO. The first-order chi connectivity index (χ1) is 8.41. The number of hydrogen-bond acceptors (Lipinski definition) is 1. The lowest BCUT2D eigenvalue weighted by atomic mass is 10.1. The second kappa shape index (κ2) is 4.49. The van der Waals surface area contributed by atoms with Crippen molar-refractivity contribution in [3.8, 4) is 11.3 Å². The summed E-state index contributed by atoms with van der Waals surface area (Å²) < 4.78 is 37.7. The van der Waals surface area contributed by atoms with Crippen LogP contribution in [0, 0.1) is 0 Å². The number of rotatable bonds is 2. The number of carbonyl (C=O) groups is 1. The van der Waals surface area contributed by atoms with Gasteiger partial charge in [-0.1, -0.05) is 11.6 Å². The van der Waals surface area contributed by atoms with E-state index in [1.165, 1.54) is 18.2 Å². The molecule has 0 aliphatic heterocycles. The van der Waals surface area contributed by atoms with Gasteiger partial charge in [0.05, 0.1) is 11.3 Å². The summed E-state index contributed by atoms with van der Waals surface area (Å²) in [6, 6.07) is 6.02. The molecule has 0 fully saturated rings. The number of alkyl halides is 3. The highest BCUT2D eigenvalue weighted by Crippen LogP contribution is 2.35. The van der Waals surface area contributed by atoms with Crippen molar-refractivity contribution < 1.29 is 18.0 Å². The second-order valence-electron chi connectivity index (χ2n) is 3.64. The Bertz CT molecular complexity index is 589. The highest BCUT2D eigenvalue weighted by Gasteiger charge is 2.31. The van der Waals surface area contributed by atoms with Gasteiger partial charge in [0, 0.05) is 16.3 Å². The summed E-state index contributed by atoms with van der Waals surface area (Å²) in [7, 11) is 0. The van der Waals surface area contributed by atoms with Crippen LogP contribution >= 0.6 is 11.6 Å². The van der Waals surface area contributed by atoms with Crippen molar-refractivity contribution in [2.45, 2.75) is 6.18 Å². The molecule has 0 saturated heterocycles. The van der Waals surface area contributed by atoms with Gasteiger partial charge in [-0.15, -0.1) is 0 Å². The van der Waals surface area contributed by atoms with Crippen molar-refractivity contribution in [2.24, 2.45) is 0 Å². The van der Waals surface area contributed by atoms with Crippen LogP contribution < -0.4 is 0 Å². The fraction of sp³-hybridized carbons (Fsp3) is 0.0833. The van der Waals surface area contributed by atoms with Crippen LogP contribution in [-0.4, -0.2) is 11.3 Å². The monoisotopic (exact) mass is 273 g/mol. The minimum Gasteiger partial charge on any atom is -0.352 e. The molecule has 1 aromatic carbocycles. The van der Waals surface area contributed by atoms with Crippen molar-refractivity contribution in [1.29, 1.82) is 0 Å². The van der Waals surface area contributed by atoms with Crippen molar-refractivity contribution in [2.75, 3.05) is 0 Å². The number of aldehydes is 1. The minimum atomic E-state index is -4.43. The summed E-state index contributed by atoms with van der Waals surface area (Å²) >= 11 is 5.86. The SMILES string of the molecule is O=Cc1ccc(-c2cc(C(F)(F)F)ccc2Cl)[nH]1. The Morgan fingerprint density at radius 2 is 1.89 bits per heavy atom. The van der Waals surface area contributed by atoms with Gasteiger partial charge in [-0.3, -0.25) is 4.79 Å². The van der Waals surface area contributed by atoms with Crippen molar-refractivity contribution in [3.63, 3.8) is 0 Å². The highest BCUT2D eigenvalue weighted by atomic mass is 35.5. The van der Waals surface area contributed by atoms with E-state index in [1.807, 2.05) is 0 Å². The lowest BCUT2D eigenvalue weighted by Gasteiger charge is -2.09. The first-order valence-electron chi connectivity index (χ1n) is 4.93. The van der Waals surface area contributed by atoms with Crippen molar-refractivity contribution in [3.05, 3.63) is 46.6 Å². The third-order valence-electron chi connectivity index (χ3n) is 2.42. The first kappa shape index (κ1) is 12.7. The van der Waals surface area contributed by atoms with Gasteiger partial charge in [0.25, 0.3) is 0 Å². The van der Waals surface area contributed by atoms with Crippen molar-refractivity contribution in [1.82, 2.24) is 4.98 Å². The predicted octanol–water partition coefficient (Wildman–Crippen LogP) is 4.17. The molecule has 1 heterocycles. The molecule has 6 heteroatoms. The number of carbonyl (C=O) groups excluding carboxylic acids is 1. The summed E-state index contributed by atoms with van der Waals surface area (Å²) in [6.45, 7) is 0. The maximum atomic E-state index is 12.6. The van der Waals surface area contributed by atoms with E-state index >= 15 is 0 Å². The Kier molecular flexibility index (Phi) is 3.17. The average Bonchev–Trinajstić information content (AvgIpc) is 2.76. The number of halogens is 4. The Morgan fingerprint density at radius 3 is 2.44 bits per heavy atom. The molecule has 0 saturated carbocycles. The van der Waals surface area contributed by atoms with Gasteiger partial charge in [-0.05, 0) is 30.3 Å². The van der Waals surface area contributed by atoms with Crippen LogP contribution in [0.3, 0.4) is 0 Å². The van der Waals surface area contributed by atoms with Crippen LogP contribution in [0.4, 0.5) is 13.2 Å². The maximum absolute atomic E-state index is 12.6. The topological polar surface area (TPSA) is 32.9 Å². The number of hydrogen-bond donors (Lipinski definition) is 1. The summed E-state index contributed by atoms with van der Waals surface area (Å²) in [5.74, 6) is 0. The summed E-state index contributed by atoms with van der Waals surface area (Å²) in [5, 5.41) is 0.183. The lowest BCUT2D eigenvalue weighted by Crippen LogP contribution is -2.04. The molecule has 0 unspecified atom stereocenters. The van der Waals surface area contributed by atoms with Crippen LogP contribution in [0.2, 0.25) is 5.02 Å². The van der Waals surface area contributed by atoms with E-state index < -0.39 is 11.7 Å². The smallest absolute Gasteiger partial charge is 0.352 e. The molecule has 0 spiro atoms. The lowest BCUT2D eigenvalue weighted by molar-refractivity contribution is -0.137. The molecule has 18 heavy (non-hydrogen) atoms. The van der Waals surface area contributed by atoms with E-state index in [9.17, 15) is 18.0 Å². The Hall–Kier alpha value is -1.75. The Morgan fingerprint density at radius 1 is 1.17 bits per heavy atom. The molecular weight excluding hydrogens is 267 g/mol. The third-order valence-corrected chi connectivity index (χ3v) is 2.75. The molecule has 94 valence electrons. The molecule has 0 aliphatic rings. The number of H-pyrrole nitrogens is 1. The zero-order valence-corrected chi connectivity index (χ0v) is 9.64. The molecule has 0 atom stereocenters. The Labute approximate surface area is 105 Å². The van der Waals surface area contributed by atoms with Crippen LogP contribution in [0.5, 0.6) is 0 Å². The number of aromatic nitrogens is 1. The highest BCUT2D eigenvalue weighted by molar-refractivity contribution is 6.33. The van der Waals surface area contributed by atoms with E-state index in [1.54, 1.807) is 0 Å². The van der Waals surface area contributed by atoms with Gasteiger partial charge in [-0.2, -0.15) is 13.2 Å². The van der Waals surface area contributed by atoms with E-state index in [0.29, 0.717) is 12.0 Å². The fourth-order valence-corrected chi connectivity index (χ4v) is 1.77. The molecule has 0 aliphatic carbocycles. The van der Waals surface area contributed by atoms with E-state index in [4.69, 9.17) is 11.6 Å². The van der Waals surface area contributed by atoms with Crippen LogP contribution in [0.1, 0.15) is 16.1 Å². The van der Waals surface area contributed by atoms with Gasteiger partial charge in [-0.25, -0.2) is 0 Å². The van der Waals surface area contributed by atoms with Gasteiger partial charge >= 0.3 is 6.18 Å². The van der Waals surface area contributed by atoms with Gasteiger partial charge in [0.15, 0.2) is 6.29 Å². The van der Waals surface area contributed by atoms with Crippen LogP contribution in [0.25, 0.3) is 11.3 Å². The molecule has 0 amide bonds. The number of nitrogens with one attached hydrogen (secondary N) is 1. The summed E-state index contributed by atoms with van der Waals surface area (Å²) in [5.41, 5.74) is 0.0652. The predicted molar refractivity (Wildman–Crippen MR) is 61.6 cm³/mol. The fourth-order valence-electron chi connectivity index (χ4n) is 1.55. The second-order valence-corrected chi connectivity index (χ2v) is 4.04. The summed E-state index contributed by atoms with van der Waals surface area (Å²) in [4.78, 5) is 13.2. The van der Waals surface area contributed by atoms with Crippen molar-refractivity contribution >= 4 is 17.9 Å². The molecule has 0 bridgehead atoms. The minimum absolute atomic E-state index is 0.183. The molecule has 2 nitrogen and oxygen atoms in total. The molecule has 2 aromatic rings. The van der Waals surface area contributed by atoms with E-state index in [-0.39, 0.29) is 16.3 Å². The molecule has 0 radical (unpaired) electrons. The largest absolute Gasteiger partial charge is 0.416 e. The van der Waals surface area contributed by atoms with E-state index in [0.717, 1.165) is 12.1 Å². The first-order valence-corrected chi connectivity index (χ1v) is 5.31. The standard InChI is InChI=1S/C12H7ClF3NO/c13-10-3-1-7(12(14,15)16)5-9(10)11-4-2-8(6-18)17-11/h1-6,17H. The van der Waals surface area contributed by atoms with Crippen LogP contribution in [-0.2, 0) is 6.18 Å². The number of benzene rings is 1. The molecule has 1 aromatic heterocycles. The van der Waals surface area contributed by atoms with Crippen LogP contribution in [0.15, 0.2) is 30.3 Å². The normalized spacial score (nSPS) is 11.6. The third kappa shape index (κ3) is 2.41. The van der Waals surface area contributed by atoms with Gasteiger partial charge in [0.1, 0.15) is 0 Å². The van der Waals surface area contributed by atoms with Gasteiger partial charge < -0.3 is 4.98 Å². The zero-order chi connectivity index (χ0) is 13.3. The van der Waals surface area contributed by atoms with Gasteiger partial charge in [0.2, 0.25) is 0 Å². The number of aromatic amines is 1. The molecule has 1 N–H and O–H groups in total. The maximum Gasteiger partial charge on any atom is 0.416 e. The zero-order valence-electron chi connectivity index (χ0n) is 8.88.